The summed E-state index contributed by atoms with van der Waals surface area (Å²) in [5, 5.41) is 6.27. The van der Waals surface area contributed by atoms with Crippen LogP contribution in [0.5, 0.6) is 5.75 Å². The number of methoxy groups -OCH3 is 1. The molecule has 0 aliphatic carbocycles. The normalized spacial score (nSPS) is 10.3. The van der Waals surface area contributed by atoms with Crippen LogP contribution in [-0.2, 0) is 4.79 Å². The van der Waals surface area contributed by atoms with Gasteiger partial charge in [-0.25, -0.2) is 4.98 Å². The van der Waals surface area contributed by atoms with Crippen LogP contribution in [0.15, 0.2) is 42.7 Å². The van der Waals surface area contributed by atoms with Gasteiger partial charge in [0.1, 0.15) is 15.6 Å². The summed E-state index contributed by atoms with van der Waals surface area (Å²) in [6.45, 7) is 3.21. The third-order valence-electron chi connectivity index (χ3n) is 3.70. The van der Waals surface area contributed by atoms with Crippen molar-refractivity contribution in [1.29, 1.82) is 0 Å². The van der Waals surface area contributed by atoms with Gasteiger partial charge in [-0.05, 0) is 37.3 Å². The van der Waals surface area contributed by atoms with Gasteiger partial charge in [0.15, 0.2) is 0 Å². The van der Waals surface area contributed by atoms with E-state index in [1.165, 1.54) is 25.4 Å². The van der Waals surface area contributed by atoms with Crippen LogP contribution in [0.3, 0.4) is 0 Å². The maximum absolute atomic E-state index is 12.8. The molecule has 0 spiro atoms. The highest BCUT2D eigenvalue weighted by Crippen LogP contribution is 2.31. The second-order valence-corrected chi connectivity index (χ2v) is 6.72. The van der Waals surface area contributed by atoms with E-state index < -0.39 is 0 Å². The van der Waals surface area contributed by atoms with E-state index in [1.54, 1.807) is 37.5 Å². The van der Waals surface area contributed by atoms with Gasteiger partial charge in [0.25, 0.3) is 5.91 Å². The predicted octanol–water partition coefficient (Wildman–Crippen LogP) is 3.73. The van der Waals surface area contributed by atoms with Crippen molar-refractivity contribution < 1.29 is 14.3 Å². The Bertz CT molecular complexity index is 986. The first kappa shape index (κ1) is 18.5. The molecule has 0 radical (unpaired) electrons. The molecule has 0 saturated heterocycles. The number of hydrogen-bond acceptors (Lipinski definition) is 6. The van der Waals surface area contributed by atoms with Crippen molar-refractivity contribution in [3.05, 3.63) is 53.3 Å². The molecule has 0 saturated carbocycles. The topological polar surface area (TPSA) is 93.2 Å². The third kappa shape index (κ3) is 4.29. The first-order valence-electron chi connectivity index (χ1n) is 8.12. The lowest BCUT2D eigenvalue weighted by Gasteiger charge is -2.12. The van der Waals surface area contributed by atoms with E-state index in [1.807, 2.05) is 12.1 Å². The lowest BCUT2D eigenvalue weighted by molar-refractivity contribution is -0.114. The van der Waals surface area contributed by atoms with Crippen molar-refractivity contribution in [3.8, 4) is 16.3 Å². The fourth-order valence-corrected chi connectivity index (χ4v) is 3.46. The van der Waals surface area contributed by atoms with Gasteiger partial charge in [-0.2, -0.15) is 0 Å². The highest BCUT2D eigenvalue weighted by Gasteiger charge is 2.18. The molecule has 0 bridgehead atoms. The number of rotatable bonds is 5. The zero-order valence-electron chi connectivity index (χ0n) is 15.1. The fourth-order valence-electron chi connectivity index (χ4n) is 2.49. The molecule has 3 rings (SSSR count). The van der Waals surface area contributed by atoms with Crippen molar-refractivity contribution in [3.63, 3.8) is 0 Å². The van der Waals surface area contributed by atoms with E-state index in [9.17, 15) is 9.59 Å². The van der Waals surface area contributed by atoms with Crippen molar-refractivity contribution in [2.24, 2.45) is 0 Å². The summed E-state index contributed by atoms with van der Waals surface area (Å²) in [7, 11) is 1.52. The monoisotopic (exact) mass is 382 g/mol. The highest BCUT2D eigenvalue weighted by molar-refractivity contribution is 7.17. The molecule has 0 atom stereocenters. The maximum Gasteiger partial charge on any atom is 0.267 e. The number of hydrogen-bond donors (Lipinski definition) is 2. The standard InChI is InChI=1S/C19H18N4O3S/c1-11-17(27-19(21-11)13-6-8-20-9-7-13)18(25)23-15-10-14(22-12(2)24)4-5-16(15)26-3/h4-10H,1-3H3,(H,22,24)(H,23,25). The van der Waals surface area contributed by atoms with E-state index in [-0.39, 0.29) is 11.8 Å². The number of nitrogens with zero attached hydrogens (tertiary/aromatic N) is 2. The van der Waals surface area contributed by atoms with Crippen molar-refractivity contribution >= 4 is 34.5 Å². The summed E-state index contributed by atoms with van der Waals surface area (Å²) in [5.41, 5.74) is 2.58. The van der Waals surface area contributed by atoms with Crippen LogP contribution >= 0.6 is 11.3 Å². The first-order valence-corrected chi connectivity index (χ1v) is 8.94. The van der Waals surface area contributed by atoms with E-state index in [0.29, 0.717) is 27.7 Å². The molecule has 2 N–H and O–H groups in total. The van der Waals surface area contributed by atoms with Gasteiger partial charge in [-0.3, -0.25) is 14.6 Å². The molecule has 1 aromatic carbocycles. The van der Waals surface area contributed by atoms with Gasteiger partial charge in [0, 0.05) is 30.6 Å². The lowest BCUT2D eigenvalue weighted by atomic mass is 10.2. The number of carbonyl (C=O) groups is 2. The smallest absolute Gasteiger partial charge is 0.267 e. The molecule has 0 unspecified atom stereocenters. The Morgan fingerprint density at radius 2 is 1.85 bits per heavy atom. The Balaban J connectivity index is 1.87. The minimum atomic E-state index is -0.288. The fraction of sp³-hybridized carbons (Fsp3) is 0.158. The zero-order valence-corrected chi connectivity index (χ0v) is 15.9. The number of benzene rings is 1. The zero-order chi connectivity index (χ0) is 19.4. The number of thiazole rings is 1. The molecular weight excluding hydrogens is 364 g/mol. The van der Waals surface area contributed by atoms with E-state index >= 15 is 0 Å². The van der Waals surface area contributed by atoms with E-state index in [2.05, 4.69) is 20.6 Å². The van der Waals surface area contributed by atoms with Gasteiger partial charge in [-0.1, -0.05) is 0 Å². The van der Waals surface area contributed by atoms with E-state index in [4.69, 9.17) is 4.74 Å². The number of pyridine rings is 1. The molecule has 7 nitrogen and oxygen atoms in total. The summed E-state index contributed by atoms with van der Waals surface area (Å²) >= 11 is 1.31. The molecular formula is C19H18N4O3S. The SMILES string of the molecule is COc1ccc(NC(C)=O)cc1NC(=O)c1sc(-c2ccncc2)nc1C. The molecule has 8 heteroatoms. The first-order chi connectivity index (χ1) is 13.0. The van der Waals surface area contributed by atoms with Crippen LogP contribution in [0.25, 0.3) is 10.6 Å². The summed E-state index contributed by atoms with van der Waals surface area (Å²) in [6, 6.07) is 8.73. The third-order valence-corrected chi connectivity index (χ3v) is 4.90. The average Bonchev–Trinajstić information content (AvgIpc) is 3.04. The molecule has 0 aliphatic heterocycles. The van der Waals surface area contributed by atoms with Crippen LogP contribution in [0.1, 0.15) is 22.3 Å². The van der Waals surface area contributed by atoms with Gasteiger partial charge >= 0.3 is 0 Å². The Hall–Kier alpha value is -3.26. The number of nitrogens with one attached hydrogen (secondary N) is 2. The molecule has 2 heterocycles. The molecule has 0 fully saturated rings. The number of anilines is 2. The summed E-state index contributed by atoms with van der Waals surface area (Å²) in [4.78, 5) is 33.0. The molecule has 27 heavy (non-hydrogen) atoms. The highest BCUT2D eigenvalue weighted by atomic mass is 32.1. The van der Waals surface area contributed by atoms with Gasteiger partial charge < -0.3 is 15.4 Å². The lowest BCUT2D eigenvalue weighted by Crippen LogP contribution is -2.13. The van der Waals surface area contributed by atoms with Crippen LogP contribution in [0.2, 0.25) is 0 Å². The molecule has 0 aliphatic rings. The number of carbonyl (C=O) groups excluding carboxylic acids is 2. The second kappa shape index (κ2) is 7.96. The number of amides is 2. The van der Waals surface area contributed by atoms with Crippen LogP contribution in [0, 0.1) is 6.92 Å². The summed E-state index contributed by atoms with van der Waals surface area (Å²) in [5.74, 6) is 0.00953. The van der Waals surface area contributed by atoms with Gasteiger partial charge in [0.05, 0.1) is 18.5 Å². The molecule has 2 amide bonds. The Morgan fingerprint density at radius 1 is 1.11 bits per heavy atom. The van der Waals surface area contributed by atoms with Crippen molar-refractivity contribution in [2.45, 2.75) is 13.8 Å². The number of aromatic nitrogens is 2. The minimum absolute atomic E-state index is 0.197. The second-order valence-electron chi connectivity index (χ2n) is 5.72. The predicted molar refractivity (Wildman–Crippen MR) is 105 cm³/mol. The number of aryl methyl sites for hydroxylation is 1. The van der Waals surface area contributed by atoms with Gasteiger partial charge in [-0.15, -0.1) is 11.3 Å². The summed E-state index contributed by atoms with van der Waals surface area (Å²) in [6.07, 6.45) is 3.37. The molecule has 2 aromatic heterocycles. The van der Waals surface area contributed by atoms with Crippen molar-refractivity contribution in [1.82, 2.24) is 9.97 Å². The average molecular weight is 382 g/mol. The van der Waals surface area contributed by atoms with E-state index in [0.717, 1.165) is 10.6 Å². The van der Waals surface area contributed by atoms with Gasteiger partial charge in [0.2, 0.25) is 5.91 Å². The number of ether oxygens (including phenoxy) is 1. The molecule has 138 valence electrons. The summed E-state index contributed by atoms with van der Waals surface area (Å²) < 4.78 is 5.30. The van der Waals surface area contributed by atoms with Crippen LogP contribution in [0.4, 0.5) is 11.4 Å². The Kier molecular flexibility index (Phi) is 5.46. The van der Waals surface area contributed by atoms with Crippen molar-refractivity contribution in [2.75, 3.05) is 17.7 Å². The largest absolute Gasteiger partial charge is 0.495 e. The van der Waals surface area contributed by atoms with Crippen LogP contribution in [-0.4, -0.2) is 28.9 Å². The Labute approximate surface area is 160 Å². The van der Waals surface area contributed by atoms with Crippen LogP contribution < -0.4 is 15.4 Å². The minimum Gasteiger partial charge on any atom is -0.495 e. The maximum atomic E-state index is 12.8. The quantitative estimate of drug-likeness (QED) is 0.701. The Morgan fingerprint density at radius 3 is 2.52 bits per heavy atom. The molecule has 3 aromatic rings.